The summed E-state index contributed by atoms with van der Waals surface area (Å²) < 4.78 is 0. The average Bonchev–Trinajstić information content (AvgIpc) is 3.10. The van der Waals surface area contributed by atoms with Crippen LogP contribution >= 0.6 is 23.4 Å². The van der Waals surface area contributed by atoms with Crippen LogP contribution in [0.4, 0.5) is 11.6 Å². The fourth-order valence-corrected chi connectivity index (χ4v) is 5.83. The Morgan fingerprint density at radius 2 is 1.77 bits per heavy atom. The Balaban J connectivity index is 1.28. The molecule has 1 aromatic carbocycles. The minimum atomic E-state index is 0.333. The third kappa shape index (κ3) is 3.63. The average molecular weight is 438 g/mol. The van der Waals surface area contributed by atoms with Crippen LogP contribution in [0.1, 0.15) is 29.7 Å². The Bertz CT molecular complexity index is 1070. The Morgan fingerprint density at radius 3 is 2.43 bits per heavy atom. The van der Waals surface area contributed by atoms with Crippen LogP contribution in [0.2, 0.25) is 5.02 Å². The van der Waals surface area contributed by atoms with E-state index in [9.17, 15) is 0 Å². The summed E-state index contributed by atoms with van der Waals surface area (Å²) in [5.41, 5.74) is 10.3. The van der Waals surface area contributed by atoms with Gasteiger partial charge < -0.3 is 10.6 Å². The second kappa shape index (κ2) is 7.75. The van der Waals surface area contributed by atoms with E-state index >= 15 is 0 Å². The number of rotatable bonds is 3. The monoisotopic (exact) mass is 437 g/mol. The first-order valence-corrected chi connectivity index (χ1v) is 11.5. The SMILES string of the molecule is Cc1nc(Sc2ccnc(N)c2Cl)cnc1N1CCC2(CC1)Cc1ccccc1C2. The first kappa shape index (κ1) is 19.6. The van der Waals surface area contributed by atoms with Gasteiger partial charge in [-0.25, -0.2) is 15.0 Å². The van der Waals surface area contributed by atoms with Crippen LogP contribution in [0.25, 0.3) is 0 Å². The second-order valence-corrected chi connectivity index (χ2v) is 9.78. The van der Waals surface area contributed by atoms with Crippen molar-refractivity contribution in [2.75, 3.05) is 23.7 Å². The van der Waals surface area contributed by atoms with E-state index in [0.29, 0.717) is 16.3 Å². The van der Waals surface area contributed by atoms with Gasteiger partial charge in [-0.3, -0.25) is 0 Å². The quantitative estimate of drug-likeness (QED) is 0.625. The number of halogens is 1. The fourth-order valence-electron chi connectivity index (χ4n) is 4.77. The fraction of sp³-hybridized carbons (Fsp3) is 0.348. The normalized spacial score (nSPS) is 17.3. The van der Waals surface area contributed by atoms with E-state index in [1.807, 2.05) is 19.2 Å². The van der Waals surface area contributed by atoms with Gasteiger partial charge in [0.05, 0.1) is 16.9 Å². The number of nitrogens with zero attached hydrogens (tertiary/aromatic N) is 4. The number of pyridine rings is 1. The number of aryl methyl sites for hydroxylation is 1. The number of nitrogen functional groups attached to an aromatic ring is 1. The van der Waals surface area contributed by atoms with Crippen LogP contribution in [-0.4, -0.2) is 28.0 Å². The van der Waals surface area contributed by atoms with Gasteiger partial charge in [0.1, 0.15) is 16.7 Å². The third-order valence-corrected chi connectivity index (χ3v) is 7.84. The first-order valence-electron chi connectivity index (χ1n) is 10.3. The molecule has 0 bridgehead atoms. The first-order chi connectivity index (χ1) is 14.5. The zero-order chi connectivity index (χ0) is 20.7. The predicted octanol–water partition coefficient (Wildman–Crippen LogP) is 4.95. The molecule has 30 heavy (non-hydrogen) atoms. The molecular weight excluding hydrogens is 414 g/mol. The van der Waals surface area contributed by atoms with Crippen molar-refractivity contribution in [1.29, 1.82) is 0 Å². The Labute approximate surface area is 186 Å². The van der Waals surface area contributed by atoms with Gasteiger partial charge in [-0.05, 0) is 55.2 Å². The smallest absolute Gasteiger partial charge is 0.150 e. The summed E-state index contributed by atoms with van der Waals surface area (Å²) in [6.07, 6.45) is 8.31. The van der Waals surface area contributed by atoms with Crippen molar-refractivity contribution in [2.45, 2.75) is 42.5 Å². The Morgan fingerprint density at radius 1 is 1.07 bits per heavy atom. The maximum absolute atomic E-state index is 6.26. The van der Waals surface area contributed by atoms with Gasteiger partial charge in [0.2, 0.25) is 0 Å². The van der Waals surface area contributed by atoms with E-state index < -0.39 is 0 Å². The van der Waals surface area contributed by atoms with E-state index in [1.165, 1.54) is 37.4 Å². The lowest BCUT2D eigenvalue weighted by Gasteiger charge is -2.40. The topological polar surface area (TPSA) is 67.9 Å². The van der Waals surface area contributed by atoms with Crippen LogP contribution in [0.3, 0.4) is 0 Å². The lowest BCUT2D eigenvalue weighted by atomic mass is 9.76. The molecular formula is C23H24ClN5S. The van der Waals surface area contributed by atoms with Crippen molar-refractivity contribution in [3.05, 3.63) is 64.6 Å². The number of benzene rings is 1. The van der Waals surface area contributed by atoms with Crippen LogP contribution in [0.5, 0.6) is 0 Å². The minimum Gasteiger partial charge on any atom is -0.382 e. The molecule has 2 aliphatic rings. The Kier molecular flexibility index (Phi) is 5.07. The predicted molar refractivity (Wildman–Crippen MR) is 122 cm³/mol. The minimum absolute atomic E-state index is 0.333. The molecule has 5 rings (SSSR count). The molecule has 3 heterocycles. The number of piperidine rings is 1. The van der Waals surface area contributed by atoms with Crippen molar-refractivity contribution in [2.24, 2.45) is 5.41 Å². The van der Waals surface area contributed by atoms with Crippen molar-refractivity contribution >= 4 is 35.0 Å². The number of fused-ring (bicyclic) bond motifs is 1. The summed E-state index contributed by atoms with van der Waals surface area (Å²) in [6.45, 7) is 4.09. The molecule has 0 saturated carbocycles. The number of aromatic nitrogens is 3. The lowest BCUT2D eigenvalue weighted by Crippen LogP contribution is -2.41. The van der Waals surface area contributed by atoms with Gasteiger partial charge >= 0.3 is 0 Å². The molecule has 1 spiro atoms. The second-order valence-electron chi connectivity index (χ2n) is 8.34. The highest BCUT2D eigenvalue weighted by Crippen LogP contribution is 2.45. The lowest BCUT2D eigenvalue weighted by molar-refractivity contribution is 0.232. The highest BCUT2D eigenvalue weighted by Gasteiger charge is 2.40. The maximum Gasteiger partial charge on any atom is 0.150 e. The molecule has 1 saturated heterocycles. The summed E-state index contributed by atoms with van der Waals surface area (Å²) >= 11 is 7.73. The summed E-state index contributed by atoms with van der Waals surface area (Å²) in [4.78, 5) is 16.8. The van der Waals surface area contributed by atoms with E-state index in [0.717, 1.165) is 34.5 Å². The largest absolute Gasteiger partial charge is 0.382 e. The molecule has 5 nitrogen and oxygen atoms in total. The molecule has 0 amide bonds. The van der Waals surface area contributed by atoms with Crippen LogP contribution in [-0.2, 0) is 12.8 Å². The molecule has 2 N–H and O–H groups in total. The molecule has 2 aromatic heterocycles. The number of hydrogen-bond acceptors (Lipinski definition) is 6. The van der Waals surface area contributed by atoms with Crippen LogP contribution in [0, 0.1) is 12.3 Å². The molecule has 1 aliphatic carbocycles. The molecule has 3 aromatic rings. The van der Waals surface area contributed by atoms with E-state index in [-0.39, 0.29) is 0 Å². The maximum atomic E-state index is 6.26. The van der Waals surface area contributed by atoms with E-state index in [4.69, 9.17) is 27.3 Å². The van der Waals surface area contributed by atoms with Gasteiger partial charge in [0.25, 0.3) is 0 Å². The number of nitrogens with two attached hydrogens (primary N) is 1. The molecule has 1 aliphatic heterocycles. The van der Waals surface area contributed by atoms with Gasteiger partial charge in [0, 0.05) is 24.2 Å². The van der Waals surface area contributed by atoms with Gasteiger partial charge in [-0.15, -0.1) is 0 Å². The van der Waals surface area contributed by atoms with Crippen molar-refractivity contribution in [3.8, 4) is 0 Å². The van der Waals surface area contributed by atoms with Crippen LogP contribution in [0.15, 0.2) is 52.6 Å². The van der Waals surface area contributed by atoms with Gasteiger partial charge in [-0.1, -0.05) is 47.6 Å². The molecule has 7 heteroatoms. The summed E-state index contributed by atoms with van der Waals surface area (Å²) in [6, 6.07) is 10.8. The van der Waals surface area contributed by atoms with E-state index in [2.05, 4.69) is 34.1 Å². The zero-order valence-corrected chi connectivity index (χ0v) is 18.5. The molecule has 0 unspecified atom stereocenters. The molecule has 0 atom stereocenters. The summed E-state index contributed by atoms with van der Waals surface area (Å²) in [7, 11) is 0. The van der Waals surface area contributed by atoms with Gasteiger partial charge in [-0.2, -0.15) is 0 Å². The molecule has 0 radical (unpaired) electrons. The van der Waals surface area contributed by atoms with Crippen molar-refractivity contribution in [1.82, 2.24) is 15.0 Å². The van der Waals surface area contributed by atoms with Crippen molar-refractivity contribution < 1.29 is 0 Å². The molecule has 1 fully saturated rings. The Hall–Kier alpha value is -2.31. The zero-order valence-electron chi connectivity index (χ0n) is 16.9. The van der Waals surface area contributed by atoms with E-state index in [1.54, 1.807) is 17.3 Å². The van der Waals surface area contributed by atoms with Gasteiger partial charge in [0.15, 0.2) is 0 Å². The highest BCUT2D eigenvalue weighted by molar-refractivity contribution is 7.99. The van der Waals surface area contributed by atoms with Crippen LogP contribution < -0.4 is 10.6 Å². The summed E-state index contributed by atoms with van der Waals surface area (Å²) in [5.74, 6) is 1.32. The standard InChI is InChI=1S/C23H24ClN5S/c1-15-22(27-14-19(28-15)30-18-6-9-26-21(25)20(18)24)29-10-7-23(8-11-29)12-16-4-2-3-5-17(16)13-23/h2-6,9,14H,7-8,10-13H2,1H3,(H2,25,26). The summed E-state index contributed by atoms with van der Waals surface area (Å²) in [5, 5.41) is 1.27. The number of hydrogen-bond donors (Lipinski definition) is 1. The molecule has 154 valence electrons. The highest BCUT2D eigenvalue weighted by atomic mass is 35.5. The third-order valence-electron chi connectivity index (χ3n) is 6.37. The van der Waals surface area contributed by atoms with Crippen molar-refractivity contribution in [3.63, 3.8) is 0 Å². The number of anilines is 2.